The molecule has 0 saturated heterocycles. The van der Waals surface area contributed by atoms with E-state index in [4.69, 9.17) is 10.8 Å². The summed E-state index contributed by atoms with van der Waals surface area (Å²) in [5.74, 6) is -0.255. The maximum absolute atomic E-state index is 11.0. The van der Waals surface area contributed by atoms with E-state index in [0.717, 1.165) is 11.3 Å². The van der Waals surface area contributed by atoms with Crippen LogP contribution in [0.4, 0.5) is 0 Å². The summed E-state index contributed by atoms with van der Waals surface area (Å²) in [5, 5.41) is 13.2. The smallest absolute Gasteiger partial charge is 0.321 e. The van der Waals surface area contributed by atoms with Gasteiger partial charge in [0, 0.05) is 22.9 Å². The third-order valence-corrected chi connectivity index (χ3v) is 4.81. The zero-order valence-electron chi connectivity index (χ0n) is 12.1. The number of hydrogen-bond donors (Lipinski definition) is 2. The standard InChI is InChI=1S/C15H19N3O2S/c1-15(2,13(16)14(19)20)21-10-11-4-6-12(7-5-11)18-9-3-8-17-18/h3-9,13H,10,16H2,1-2H3,(H,19,20)/t13-/m0/s1. The number of thioether (sulfide) groups is 1. The molecule has 0 fully saturated rings. The Morgan fingerprint density at radius 1 is 1.43 bits per heavy atom. The third-order valence-electron chi connectivity index (χ3n) is 3.33. The molecular formula is C15H19N3O2S. The molecule has 0 bridgehead atoms. The van der Waals surface area contributed by atoms with E-state index in [1.165, 1.54) is 0 Å². The van der Waals surface area contributed by atoms with Gasteiger partial charge in [-0.05, 0) is 37.6 Å². The Kier molecular flexibility index (Phi) is 4.69. The van der Waals surface area contributed by atoms with Gasteiger partial charge in [-0.25, -0.2) is 4.68 Å². The Morgan fingerprint density at radius 3 is 2.62 bits per heavy atom. The van der Waals surface area contributed by atoms with E-state index >= 15 is 0 Å². The van der Waals surface area contributed by atoms with E-state index in [1.54, 1.807) is 22.6 Å². The molecule has 112 valence electrons. The van der Waals surface area contributed by atoms with Crippen molar-refractivity contribution in [1.29, 1.82) is 0 Å². The second-order valence-electron chi connectivity index (χ2n) is 5.33. The summed E-state index contributed by atoms with van der Waals surface area (Å²) in [6.07, 6.45) is 3.62. The summed E-state index contributed by atoms with van der Waals surface area (Å²) >= 11 is 1.54. The fourth-order valence-electron chi connectivity index (χ4n) is 1.82. The normalized spacial score (nSPS) is 13.1. The van der Waals surface area contributed by atoms with Crippen molar-refractivity contribution in [3.63, 3.8) is 0 Å². The van der Waals surface area contributed by atoms with Gasteiger partial charge in [0.2, 0.25) is 0 Å². The quantitative estimate of drug-likeness (QED) is 0.856. The monoisotopic (exact) mass is 305 g/mol. The molecule has 0 aliphatic carbocycles. The van der Waals surface area contributed by atoms with E-state index in [-0.39, 0.29) is 0 Å². The van der Waals surface area contributed by atoms with Crippen molar-refractivity contribution in [3.8, 4) is 5.69 Å². The number of nitrogens with zero attached hydrogens (tertiary/aromatic N) is 2. The highest BCUT2D eigenvalue weighted by Crippen LogP contribution is 2.30. The van der Waals surface area contributed by atoms with Crippen molar-refractivity contribution >= 4 is 17.7 Å². The van der Waals surface area contributed by atoms with Crippen LogP contribution in [0.2, 0.25) is 0 Å². The predicted molar refractivity (Wildman–Crippen MR) is 84.5 cm³/mol. The lowest BCUT2D eigenvalue weighted by Gasteiger charge is -2.28. The molecule has 0 amide bonds. The van der Waals surface area contributed by atoms with Gasteiger partial charge >= 0.3 is 5.97 Å². The van der Waals surface area contributed by atoms with Crippen molar-refractivity contribution in [1.82, 2.24) is 9.78 Å². The van der Waals surface area contributed by atoms with Crippen LogP contribution in [-0.2, 0) is 10.5 Å². The fourth-order valence-corrected chi connectivity index (χ4v) is 2.83. The highest BCUT2D eigenvalue weighted by molar-refractivity contribution is 7.99. The van der Waals surface area contributed by atoms with Gasteiger partial charge in [-0.1, -0.05) is 12.1 Å². The Morgan fingerprint density at radius 2 is 2.10 bits per heavy atom. The van der Waals surface area contributed by atoms with Crippen LogP contribution in [0.25, 0.3) is 5.69 Å². The lowest BCUT2D eigenvalue weighted by Crippen LogP contribution is -2.46. The van der Waals surface area contributed by atoms with Crippen LogP contribution in [0.15, 0.2) is 42.7 Å². The molecule has 0 radical (unpaired) electrons. The minimum atomic E-state index is -0.971. The molecule has 1 atom stereocenters. The number of carboxylic acid groups (broad SMARTS) is 1. The topological polar surface area (TPSA) is 81.1 Å². The van der Waals surface area contributed by atoms with Crippen molar-refractivity contribution in [3.05, 3.63) is 48.3 Å². The van der Waals surface area contributed by atoms with Crippen molar-refractivity contribution < 1.29 is 9.90 Å². The first-order chi connectivity index (χ1) is 9.90. The highest BCUT2D eigenvalue weighted by atomic mass is 32.2. The summed E-state index contributed by atoms with van der Waals surface area (Å²) in [7, 11) is 0. The molecule has 5 nitrogen and oxygen atoms in total. The first-order valence-electron chi connectivity index (χ1n) is 6.61. The van der Waals surface area contributed by atoms with E-state index in [9.17, 15) is 4.79 Å². The number of benzene rings is 1. The number of carboxylic acids is 1. The van der Waals surface area contributed by atoms with Gasteiger partial charge in [0.1, 0.15) is 6.04 Å². The summed E-state index contributed by atoms with van der Waals surface area (Å²) in [5.41, 5.74) is 7.84. The zero-order valence-corrected chi connectivity index (χ0v) is 12.9. The summed E-state index contributed by atoms with van der Waals surface area (Å²) in [4.78, 5) is 11.0. The van der Waals surface area contributed by atoms with E-state index < -0.39 is 16.8 Å². The Labute approximate surface area is 128 Å². The largest absolute Gasteiger partial charge is 0.480 e. The van der Waals surface area contributed by atoms with Crippen molar-refractivity contribution in [2.24, 2.45) is 5.73 Å². The molecule has 0 unspecified atom stereocenters. The number of rotatable bonds is 6. The molecular weight excluding hydrogens is 286 g/mol. The van der Waals surface area contributed by atoms with Crippen LogP contribution in [0.1, 0.15) is 19.4 Å². The van der Waals surface area contributed by atoms with E-state index in [1.807, 2.05) is 50.4 Å². The molecule has 21 heavy (non-hydrogen) atoms. The minimum Gasteiger partial charge on any atom is -0.480 e. The molecule has 0 aliphatic rings. The van der Waals surface area contributed by atoms with Gasteiger partial charge in [0.15, 0.2) is 0 Å². The van der Waals surface area contributed by atoms with Gasteiger partial charge < -0.3 is 10.8 Å². The molecule has 1 aromatic carbocycles. The fraction of sp³-hybridized carbons (Fsp3) is 0.333. The van der Waals surface area contributed by atoms with E-state index in [2.05, 4.69) is 5.10 Å². The average molecular weight is 305 g/mol. The van der Waals surface area contributed by atoms with Gasteiger partial charge in [0.05, 0.1) is 5.69 Å². The summed E-state index contributed by atoms with van der Waals surface area (Å²) < 4.78 is 1.27. The third kappa shape index (κ3) is 3.86. The highest BCUT2D eigenvalue weighted by Gasteiger charge is 2.32. The molecule has 1 aromatic heterocycles. The molecule has 3 N–H and O–H groups in total. The van der Waals surface area contributed by atoms with Gasteiger partial charge in [-0.15, -0.1) is 11.8 Å². The maximum atomic E-state index is 11.0. The summed E-state index contributed by atoms with van der Waals surface area (Å²) in [6, 6.07) is 9.02. The van der Waals surface area contributed by atoms with Crippen LogP contribution < -0.4 is 5.73 Å². The Bertz CT molecular complexity index is 594. The lowest BCUT2D eigenvalue weighted by molar-refractivity contribution is -0.139. The van der Waals surface area contributed by atoms with Crippen molar-refractivity contribution in [2.75, 3.05) is 0 Å². The number of aromatic nitrogens is 2. The molecule has 1 heterocycles. The minimum absolute atomic E-state index is 0.521. The van der Waals surface area contributed by atoms with Crippen molar-refractivity contribution in [2.45, 2.75) is 30.4 Å². The van der Waals surface area contributed by atoms with Gasteiger partial charge in [0.25, 0.3) is 0 Å². The molecule has 6 heteroatoms. The molecule has 2 rings (SSSR count). The first kappa shape index (κ1) is 15.6. The molecule has 0 aliphatic heterocycles. The van der Waals surface area contributed by atoms with Crippen LogP contribution in [-0.4, -0.2) is 31.6 Å². The maximum Gasteiger partial charge on any atom is 0.321 e. The molecule has 2 aromatic rings. The second-order valence-corrected chi connectivity index (χ2v) is 6.95. The second kappa shape index (κ2) is 6.32. The van der Waals surface area contributed by atoms with E-state index in [0.29, 0.717) is 5.75 Å². The molecule has 0 saturated carbocycles. The van der Waals surface area contributed by atoms with Gasteiger partial charge in [-0.2, -0.15) is 5.10 Å². The number of nitrogens with two attached hydrogens (primary N) is 1. The van der Waals surface area contributed by atoms with Gasteiger partial charge in [-0.3, -0.25) is 4.79 Å². The molecule has 0 spiro atoms. The lowest BCUT2D eigenvalue weighted by atomic mass is 10.1. The van der Waals surface area contributed by atoms with Crippen LogP contribution >= 0.6 is 11.8 Å². The summed E-state index contributed by atoms with van der Waals surface area (Å²) in [6.45, 7) is 3.71. The Balaban J connectivity index is 1.99. The first-order valence-corrected chi connectivity index (χ1v) is 7.60. The Hall–Kier alpha value is -1.79. The SMILES string of the molecule is CC(C)(SCc1ccc(-n2cccn2)cc1)[C@@H](N)C(=O)O. The zero-order chi connectivity index (χ0) is 15.5. The van der Waals surface area contributed by atoms with Crippen LogP contribution in [0.3, 0.4) is 0 Å². The van der Waals surface area contributed by atoms with Crippen LogP contribution in [0, 0.1) is 0 Å². The predicted octanol–water partition coefficient (Wildman–Crippen LogP) is 2.30. The number of hydrogen-bond acceptors (Lipinski definition) is 4. The number of carbonyl (C=O) groups is 1. The number of aliphatic carboxylic acids is 1. The van der Waals surface area contributed by atoms with Crippen LogP contribution in [0.5, 0.6) is 0 Å². The average Bonchev–Trinajstić information content (AvgIpc) is 2.99.